The van der Waals surface area contributed by atoms with Gasteiger partial charge in [0.05, 0.1) is 0 Å². The molecule has 5 heteroatoms. The molecule has 19 heavy (non-hydrogen) atoms. The SMILES string of the molecule is CCCCN(CC)C(=O)c1ccc(SC(F)F)cc1. The normalized spacial score (nSPS) is 10.8. The van der Waals surface area contributed by atoms with Gasteiger partial charge in [-0.25, -0.2) is 0 Å². The van der Waals surface area contributed by atoms with Crippen molar-refractivity contribution < 1.29 is 13.6 Å². The number of benzene rings is 1. The van der Waals surface area contributed by atoms with Crippen molar-refractivity contribution in [2.24, 2.45) is 0 Å². The van der Waals surface area contributed by atoms with E-state index in [2.05, 4.69) is 6.92 Å². The quantitative estimate of drug-likeness (QED) is 0.698. The summed E-state index contributed by atoms with van der Waals surface area (Å²) < 4.78 is 24.4. The van der Waals surface area contributed by atoms with E-state index in [-0.39, 0.29) is 5.91 Å². The van der Waals surface area contributed by atoms with E-state index in [0.29, 0.717) is 28.8 Å². The fraction of sp³-hybridized carbons (Fsp3) is 0.500. The number of rotatable bonds is 7. The van der Waals surface area contributed by atoms with Gasteiger partial charge in [0.2, 0.25) is 0 Å². The zero-order valence-electron chi connectivity index (χ0n) is 11.2. The molecule has 0 aliphatic rings. The van der Waals surface area contributed by atoms with Crippen LogP contribution in [0, 0.1) is 0 Å². The number of unbranched alkanes of at least 4 members (excludes halogenated alkanes) is 1. The van der Waals surface area contributed by atoms with Gasteiger partial charge in [0.15, 0.2) is 0 Å². The van der Waals surface area contributed by atoms with Crippen molar-refractivity contribution in [2.75, 3.05) is 13.1 Å². The average molecular weight is 287 g/mol. The Morgan fingerprint density at radius 2 is 1.89 bits per heavy atom. The second-order valence-electron chi connectivity index (χ2n) is 4.14. The van der Waals surface area contributed by atoms with Crippen LogP contribution in [-0.2, 0) is 0 Å². The summed E-state index contributed by atoms with van der Waals surface area (Å²) in [6, 6.07) is 6.36. The first-order chi connectivity index (χ1) is 9.08. The molecular weight excluding hydrogens is 268 g/mol. The number of carbonyl (C=O) groups excluding carboxylic acids is 1. The van der Waals surface area contributed by atoms with E-state index in [0.717, 1.165) is 19.4 Å². The van der Waals surface area contributed by atoms with Crippen molar-refractivity contribution in [3.8, 4) is 0 Å². The predicted molar refractivity (Wildman–Crippen MR) is 74.8 cm³/mol. The second-order valence-corrected chi connectivity index (χ2v) is 5.20. The maximum absolute atomic E-state index is 12.2. The standard InChI is InChI=1S/C14H19F2NOS/c1-3-5-10-17(4-2)13(18)11-6-8-12(9-7-11)19-14(15)16/h6-9,14H,3-5,10H2,1-2H3. The van der Waals surface area contributed by atoms with Crippen LogP contribution >= 0.6 is 11.8 Å². The fourth-order valence-corrected chi connectivity index (χ4v) is 2.21. The summed E-state index contributed by atoms with van der Waals surface area (Å²) in [5, 5.41) is 0. The lowest BCUT2D eigenvalue weighted by Crippen LogP contribution is -2.31. The third kappa shape index (κ3) is 5.19. The molecule has 0 heterocycles. The van der Waals surface area contributed by atoms with Crippen molar-refractivity contribution in [1.29, 1.82) is 0 Å². The van der Waals surface area contributed by atoms with Crippen molar-refractivity contribution in [1.82, 2.24) is 4.90 Å². The van der Waals surface area contributed by atoms with Crippen LogP contribution in [0.5, 0.6) is 0 Å². The topological polar surface area (TPSA) is 20.3 Å². The molecule has 2 nitrogen and oxygen atoms in total. The van der Waals surface area contributed by atoms with Crippen LogP contribution in [0.15, 0.2) is 29.2 Å². The maximum Gasteiger partial charge on any atom is 0.288 e. The smallest absolute Gasteiger partial charge is 0.288 e. The molecule has 1 amide bonds. The molecule has 0 bridgehead atoms. The molecule has 0 fully saturated rings. The summed E-state index contributed by atoms with van der Waals surface area (Å²) in [5.41, 5.74) is 0.552. The molecule has 0 aromatic heterocycles. The summed E-state index contributed by atoms with van der Waals surface area (Å²) >= 11 is 0.489. The predicted octanol–water partition coefficient (Wildman–Crippen LogP) is 4.26. The molecule has 0 saturated heterocycles. The van der Waals surface area contributed by atoms with E-state index in [1.807, 2.05) is 6.92 Å². The first-order valence-electron chi connectivity index (χ1n) is 6.42. The van der Waals surface area contributed by atoms with Crippen LogP contribution in [0.2, 0.25) is 0 Å². The van der Waals surface area contributed by atoms with E-state index in [1.54, 1.807) is 29.2 Å². The highest BCUT2D eigenvalue weighted by molar-refractivity contribution is 7.99. The second kappa shape index (κ2) is 8.15. The van der Waals surface area contributed by atoms with Gasteiger partial charge >= 0.3 is 0 Å². The molecule has 0 unspecified atom stereocenters. The van der Waals surface area contributed by atoms with E-state index >= 15 is 0 Å². The highest BCUT2D eigenvalue weighted by Crippen LogP contribution is 2.25. The first kappa shape index (κ1) is 16.0. The molecule has 0 aliphatic heterocycles. The van der Waals surface area contributed by atoms with Crippen LogP contribution in [0.3, 0.4) is 0 Å². The lowest BCUT2D eigenvalue weighted by molar-refractivity contribution is 0.0762. The molecule has 1 aromatic carbocycles. The van der Waals surface area contributed by atoms with Gasteiger partial charge in [-0.1, -0.05) is 25.1 Å². The van der Waals surface area contributed by atoms with Gasteiger partial charge in [0, 0.05) is 23.5 Å². The summed E-state index contributed by atoms with van der Waals surface area (Å²) in [5.74, 6) is -2.47. The minimum Gasteiger partial charge on any atom is -0.339 e. The van der Waals surface area contributed by atoms with Crippen molar-refractivity contribution >= 4 is 17.7 Å². The molecule has 0 N–H and O–H groups in total. The molecule has 0 atom stereocenters. The van der Waals surface area contributed by atoms with Crippen LogP contribution in [-0.4, -0.2) is 29.7 Å². The van der Waals surface area contributed by atoms with Crippen molar-refractivity contribution in [3.63, 3.8) is 0 Å². The minimum absolute atomic E-state index is 0.0375. The number of thioether (sulfide) groups is 1. The molecule has 1 rings (SSSR count). The zero-order chi connectivity index (χ0) is 14.3. The van der Waals surface area contributed by atoms with Gasteiger partial charge in [-0.3, -0.25) is 4.79 Å². The Kier molecular flexibility index (Phi) is 6.84. The third-order valence-corrected chi connectivity index (χ3v) is 3.50. The van der Waals surface area contributed by atoms with E-state index in [4.69, 9.17) is 0 Å². The van der Waals surface area contributed by atoms with Gasteiger partial charge in [0.25, 0.3) is 11.7 Å². The largest absolute Gasteiger partial charge is 0.339 e. The number of hydrogen-bond acceptors (Lipinski definition) is 2. The number of amides is 1. The summed E-state index contributed by atoms with van der Waals surface area (Å²) in [6.45, 7) is 5.41. The Morgan fingerprint density at radius 3 is 2.37 bits per heavy atom. The van der Waals surface area contributed by atoms with Crippen LogP contribution in [0.4, 0.5) is 8.78 Å². The third-order valence-electron chi connectivity index (χ3n) is 2.78. The molecule has 0 radical (unpaired) electrons. The van der Waals surface area contributed by atoms with Crippen LogP contribution < -0.4 is 0 Å². The Morgan fingerprint density at radius 1 is 1.26 bits per heavy atom. The minimum atomic E-state index is -2.43. The highest BCUT2D eigenvalue weighted by Gasteiger charge is 2.14. The Labute approximate surface area is 117 Å². The molecular formula is C14H19F2NOS. The molecule has 0 saturated carbocycles. The molecule has 1 aromatic rings. The Hall–Kier alpha value is -1.10. The fourth-order valence-electron chi connectivity index (χ4n) is 1.71. The van der Waals surface area contributed by atoms with E-state index in [1.165, 1.54) is 0 Å². The Bertz CT molecular complexity index is 395. The maximum atomic E-state index is 12.2. The number of nitrogens with zero attached hydrogens (tertiary/aromatic N) is 1. The molecule has 0 spiro atoms. The summed E-state index contributed by atoms with van der Waals surface area (Å²) in [6.07, 6.45) is 2.01. The number of halogens is 2. The molecule has 0 aliphatic carbocycles. The van der Waals surface area contributed by atoms with E-state index < -0.39 is 5.76 Å². The first-order valence-corrected chi connectivity index (χ1v) is 7.30. The highest BCUT2D eigenvalue weighted by atomic mass is 32.2. The van der Waals surface area contributed by atoms with E-state index in [9.17, 15) is 13.6 Å². The van der Waals surface area contributed by atoms with Gasteiger partial charge in [-0.05, 0) is 37.6 Å². The van der Waals surface area contributed by atoms with Crippen LogP contribution in [0.1, 0.15) is 37.0 Å². The summed E-state index contributed by atoms with van der Waals surface area (Å²) in [7, 11) is 0. The van der Waals surface area contributed by atoms with Crippen LogP contribution in [0.25, 0.3) is 0 Å². The average Bonchev–Trinajstić information content (AvgIpc) is 2.39. The zero-order valence-corrected chi connectivity index (χ0v) is 12.1. The van der Waals surface area contributed by atoms with Crippen molar-refractivity contribution in [3.05, 3.63) is 29.8 Å². The lowest BCUT2D eigenvalue weighted by atomic mass is 10.2. The number of carbonyl (C=O) groups is 1. The summed E-state index contributed by atoms with van der Waals surface area (Å²) in [4.78, 5) is 14.4. The van der Waals surface area contributed by atoms with Gasteiger partial charge in [-0.15, -0.1) is 0 Å². The monoisotopic (exact) mass is 287 g/mol. The lowest BCUT2D eigenvalue weighted by Gasteiger charge is -2.20. The molecule has 106 valence electrons. The number of hydrogen-bond donors (Lipinski definition) is 0. The van der Waals surface area contributed by atoms with Gasteiger partial charge in [0.1, 0.15) is 0 Å². The Balaban J connectivity index is 2.70. The van der Waals surface area contributed by atoms with Gasteiger partial charge in [-0.2, -0.15) is 8.78 Å². The van der Waals surface area contributed by atoms with Gasteiger partial charge < -0.3 is 4.90 Å². The van der Waals surface area contributed by atoms with Crippen molar-refractivity contribution in [2.45, 2.75) is 37.3 Å². The number of alkyl halides is 2.